The van der Waals surface area contributed by atoms with Crippen LogP contribution in [0.4, 0.5) is 5.69 Å². The highest BCUT2D eigenvalue weighted by Gasteiger charge is 2.33. The second-order valence-electron chi connectivity index (χ2n) is 9.06. The number of methoxy groups -OCH3 is 1. The number of hydrogen-bond donors (Lipinski definition) is 1. The van der Waals surface area contributed by atoms with Crippen molar-refractivity contribution < 1.29 is 19.1 Å². The van der Waals surface area contributed by atoms with E-state index in [4.69, 9.17) is 9.47 Å². The first-order valence-corrected chi connectivity index (χ1v) is 11.9. The van der Waals surface area contributed by atoms with Crippen molar-refractivity contribution in [2.75, 3.05) is 25.5 Å². The quantitative estimate of drug-likeness (QED) is 0.608. The first kappa shape index (κ1) is 23.0. The molecule has 0 aliphatic carbocycles. The number of aromatic nitrogens is 3. The van der Waals surface area contributed by atoms with Crippen LogP contribution in [-0.2, 0) is 22.7 Å². The van der Waals surface area contributed by atoms with Gasteiger partial charge in [0.05, 0.1) is 26.0 Å². The topological polar surface area (TPSA) is 98.6 Å². The minimum Gasteiger partial charge on any atom is -0.497 e. The van der Waals surface area contributed by atoms with Crippen molar-refractivity contribution in [1.29, 1.82) is 0 Å². The first-order valence-electron chi connectivity index (χ1n) is 11.9. The second kappa shape index (κ2) is 9.87. The Morgan fingerprint density at radius 1 is 1.06 bits per heavy atom. The number of anilines is 1. The number of nitrogens with zero attached hydrogens (tertiary/aromatic N) is 4. The van der Waals surface area contributed by atoms with Crippen LogP contribution in [0.25, 0.3) is 0 Å². The van der Waals surface area contributed by atoms with Gasteiger partial charge in [-0.3, -0.25) is 9.59 Å². The van der Waals surface area contributed by atoms with Crippen LogP contribution in [0, 0.1) is 12.8 Å². The van der Waals surface area contributed by atoms with Crippen molar-refractivity contribution >= 4 is 17.5 Å². The van der Waals surface area contributed by atoms with Crippen molar-refractivity contribution in [2.24, 2.45) is 5.92 Å². The molecule has 2 aliphatic heterocycles. The third-order valence-corrected chi connectivity index (χ3v) is 6.76. The number of amides is 2. The van der Waals surface area contributed by atoms with E-state index in [2.05, 4.69) is 46.8 Å². The number of fused-ring (bicyclic) bond motifs is 1. The molecular formula is C26H29N5O4. The van der Waals surface area contributed by atoms with Crippen LogP contribution in [0.2, 0.25) is 0 Å². The van der Waals surface area contributed by atoms with E-state index >= 15 is 0 Å². The summed E-state index contributed by atoms with van der Waals surface area (Å²) in [5, 5.41) is 11.4. The fourth-order valence-electron chi connectivity index (χ4n) is 4.57. The minimum absolute atomic E-state index is 0.0288. The Balaban J connectivity index is 1.17. The number of carbonyl (C=O) groups excluding carboxylic acids is 2. The summed E-state index contributed by atoms with van der Waals surface area (Å²) in [7, 11) is 1.60. The third kappa shape index (κ3) is 4.90. The second-order valence-corrected chi connectivity index (χ2v) is 9.06. The van der Waals surface area contributed by atoms with Crippen LogP contribution < -0.4 is 10.1 Å². The average Bonchev–Trinajstić information content (AvgIpc) is 3.32. The summed E-state index contributed by atoms with van der Waals surface area (Å²) in [5.41, 5.74) is 4.06. The van der Waals surface area contributed by atoms with E-state index in [0.717, 1.165) is 17.0 Å². The maximum atomic E-state index is 13.2. The Morgan fingerprint density at radius 3 is 2.46 bits per heavy atom. The van der Waals surface area contributed by atoms with Crippen molar-refractivity contribution in [2.45, 2.75) is 39.0 Å². The molecule has 3 heterocycles. The van der Waals surface area contributed by atoms with E-state index < -0.39 is 0 Å². The molecule has 0 bridgehead atoms. The van der Waals surface area contributed by atoms with E-state index in [9.17, 15) is 9.59 Å². The molecule has 2 aliphatic rings. The smallest absolute Gasteiger partial charge is 0.276 e. The van der Waals surface area contributed by atoms with Crippen LogP contribution in [0.5, 0.6) is 5.75 Å². The Kier molecular flexibility index (Phi) is 6.50. The molecule has 9 nitrogen and oxygen atoms in total. The van der Waals surface area contributed by atoms with Gasteiger partial charge in [0.1, 0.15) is 11.9 Å². The van der Waals surface area contributed by atoms with Gasteiger partial charge in [-0.15, -0.1) is 5.10 Å². The fourth-order valence-corrected chi connectivity index (χ4v) is 4.57. The molecule has 9 heteroatoms. The molecule has 0 unspecified atom stereocenters. The summed E-state index contributed by atoms with van der Waals surface area (Å²) < 4.78 is 13.0. The molecule has 0 saturated carbocycles. The van der Waals surface area contributed by atoms with Crippen molar-refractivity contribution in [3.05, 3.63) is 71.0 Å². The Morgan fingerprint density at radius 2 is 1.77 bits per heavy atom. The molecular weight excluding hydrogens is 446 g/mol. The zero-order valence-electron chi connectivity index (χ0n) is 19.9. The summed E-state index contributed by atoms with van der Waals surface area (Å²) in [4.78, 5) is 27.6. The molecule has 1 aromatic heterocycles. The van der Waals surface area contributed by atoms with Gasteiger partial charge in [0.2, 0.25) is 5.91 Å². The number of aryl methyl sites for hydroxylation is 1. The maximum absolute atomic E-state index is 13.2. The number of piperidine rings is 1. The Hall–Kier alpha value is -3.72. The van der Waals surface area contributed by atoms with Crippen molar-refractivity contribution in [1.82, 2.24) is 19.9 Å². The van der Waals surface area contributed by atoms with Gasteiger partial charge in [-0.2, -0.15) is 0 Å². The van der Waals surface area contributed by atoms with Crippen LogP contribution in [0.1, 0.15) is 46.3 Å². The van der Waals surface area contributed by atoms with E-state index in [1.54, 1.807) is 16.7 Å². The molecule has 5 rings (SSSR count). The predicted molar refractivity (Wildman–Crippen MR) is 129 cm³/mol. The van der Waals surface area contributed by atoms with Gasteiger partial charge >= 0.3 is 0 Å². The average molecular weight is 476 g/mol. The summed E-state index contributed by atoms with van der Waals surface area (Å²) in [5.74, 6) is 0.409. The minimum atomic E-state index is -0.155. The lowest BCUT2D eigenvalue weighted by Crippen LogP contribution is -2.42. The summed E-state index contributed by atoms with van der Waals surface area (Å²) >= 11 is 0. The molecule has 0 radical (unpaired) electrons. The predicted octanol–water partition coefficient (Wildman–Crippen LogP) is 3.36. The monoisotopic (exact) mass is 475 g/mol. The van der Waals surface area contributed by atoms with Gasteiger partial charge in [0.25, 0.3) is 5.91 Å². The first-order chi connectivity index (χ1) is 17.0. The molecule has 1 N–H and O–H groups in total. The van der Waals surface area contributed by atoms with Crippen LogP contribution in [-0.4, -0.2) is 51.9 Å². The fraction of sp³-hybridized carbons (Fsp3) is 0.385. The van der Waals surface area contributed by atoms with E-state index in [-0.39, 0.29) is 30.4 Å². The molecule has 3 aromatic rings. The third-order valence-electron chi connectivity index (χ3n) is 6.76. The normalized spacial score (nSPS) is 18.1. The number of ether oxygens (including phenoxy) is 2. The standard InChI is InChI=1S/C26H29N5O4/c1-17-3-5-18(6-4-17)23-15-31-22(16-35-23)24(28-29-31)26(33)30-13-11-19(12-14-30)25(32)27-20-7-9-21(34-2)10-8-20/h3-10,19,23H,11-16H2,1-2H3,(H,27,32)/t23-/m1/s1. The SMILES string of the molecule is COc1ccc(NC(=O)C2CCN(C(=O)c3nnn4c3CO[C@@H](c3ccc(C)cc3)C4)CC2)cc1. The lowest BCUT2D eigenvalue weighted by molar-refractivity contribution is -0.121. The Labute approximate surface area is 204 Å². The van der Waals surface area contributed by atoms with E-state index in [1.807, 2.05) is 24.3 Å². The zero-order chi connectivity index (χ0) is 24.4. The van der Waals surface area contributed by atoms with E-state index in [1.165, 1.54) is 5.56 Å². The number of likely N-dealkylation sites (tertiary alicyclic amines) is 1. The number of carbonyl (C=O) groups is 2. The molecule has 1 fully saturated rings. The lowest BCUT2D eigenvalue weighted by atomic mass is 9.95. The summed E-state index contributed by atoms with van der Waals surface area (Å²) in [6, 6.07) is 15.5. The van der Waals surface area contributed by atoms with Crippen LogP contribution >= 0.6 is 0 Å². The molecule has 2 amide bonds. The van der Waals surface area contributed by atoms with Gasteiger partial charge in [0.15, 0.2) is 5.69 Å². The number of hydrogen-bond acceptors (Lipinski definition) is 6. The number of benzene rings is 2. The van der Waals surface area contributed by atoms with Gasteiger partial charge in [-0.1, -0.05) is 35.0 Å². The van der Waals surface area contributed by atoms with Gasteiger partial charge in [0, 0.05) is 24.7 Å². The van der Waals surface area contributed by atoms with Crippen LogP contribution in [0.15, 0.2) is 48.5 Å². The van der Waals surface area contributed by atoms with Gasteiger partial charge in [-0.25, -0.2) is 4.68 Å². The highest BCUT2D eigenvalue weighted by molar-refractivity contribution is 5.94. The van der Waals surface area contributed by atoms with Crippen molar-refractivity contribution in [3.63, 3.8) is 0 Å². The highest BCUT2D eigenvalue weighted by Crippen LogP contribution is 2.28. The molecule has 0 spiro atoms. The molecule has 1 atom stereocenters. The summed E-state index contributed by atoms with van der Waals surface area (Å²) in [6.07, 6.45) is 1.08. The lowest BCUT2D eigenvalue weighted by Gasteiger charge is -2.31. The molecule has 35 heavy (non-hydrogen) atoms. The van der Waals surface area contributed by atoms with Crippen LogP contribution in [0.3, 0.4) is 0 Å². The zero-order valence-corrected chi connectivity index (χ0v) is 19.9. The van der Waals surface area contributed by atoms with E-state index in [0.29, 0.717) is 43.9 Å². The molecule has 1 saturated heterocycles. The number of rotatable bonds is 5. The Bertz CT molecular complexity index is 1200. The highest BCUT2D eigenvalue weighted by atomic mass is 16.5. The summed E-state index contributed by atoms with van der Waals surface area (Å²) in [6.45, 7) is 3.85. The van der Waals surface area contributed by atoms with Gasteiger partial charge in [-0.05, 0) is 49.6 Å². The molecule has 2 aromatic carbocycles. The van der Waals surface area contributed by atoms with Gasteiger partial charge < -0.3 is 19.7 Å². The maximum Gasteiger partial charge on any atom is 0.276 e. The number of nitrogens with one attached hydrogen (secondary N) is 1. The largest absolute Gasteiger partial charge is 0.497 e. The molecule has 182 valence electrons. The van der Waals surface area contributed by atoms with Crippen molar-refractivity contribution in [3.8, 4) is 5.75 Å².